The molecule has 0 aliphatic heterocycles. The summed E-state index contributed by atoms with van der Waals surface area (Å²) in [6, 6.07) is 18.8. The highest BCUT2D eigenvalue weighted by Gasteiger charge is 2.42. The van der Waals surface area contributed by atoms with Gasteiger partial charge in [-0.05, 0) is 92.1 Å². The van der Waals surface area contributed by atoms with Gasteiger partial charge in [-0.1, -0.05) is 65.2 Å². The Morgan fingerprint density at radius 1 is 0.630 bits per heavy atom. The number of carbonyl (C=O) groups is 2. The number of hydrogen-bond donors (Lipinski definition) is 0. The SMILES string of the molecule is CCCCCCCCOc1ccc(N=Nc2ccc(C(=O)Oc3ccc(C(=O)O[C@@H](CCCCCC)C(F)(F)F)cc3)cc2)cc1. The molecule has 10 heteroatoms. The highest BCUT2D eigenvalue weighted by molar-refractivity contribution is 5.92. The van der Waals surface area contributed by atoms with Crippen molar-refractivity contribution in [2.45, 2.75) is 96.8 Å². The van der Waals surface area contributed by atoms with Gasteiger partial charge in [-0.3, -0.25) is 0 Å². The summed E-state index contributed by atoms with van der Waals surface area (Å²) in [6.07, 6.45) is 2.79. The van der Waals surface area contributed by atoms with Crippen LogP contribution in [0, 0.1) is 0 Å². The molecule has 7 nitrogen and oxygen atoms in total. The number of benzene rings is 3. The van der Waals surface area contributed by atoms with Crippen LogP contribution < -0.4 is 9.47 Å². The molecule has 0 unspecified atom stereocenters. The molecule has 0 saturated carbocycles. The monoisotopic (exact) mass is 640 g/mol. The molecular formula is C36H43F3N2O5. The highest BCUT2D eigenvalue weighted by Crippen LogP contribution is 2.29. The minimum Gasteiger partial charge on any atom is -0.494 e. The summed E-state index contributed by atoms with van der Waals surface area (Å²) in [5, 5.41) is 8.43. The number of hydrogen-bond acceptors (Lipinski definition) is 7. The number of unbranched alkanes of at least 4 members (excludes halogenated alkanes) is 8. The number of nitrogens with zero attached hydrogens (tertiary/aromatic N) is 2. The Bertz CT molecular complexity index is 1360. The molecule has 3 rings (SSSR count). The summed E-state index contributed by atoms with van der Waals surface area (Å²) >= 11 is 0. The third-order valence-corrected chi connectivity index (χ3v) is 7.22. The number of ether oxygens (including phenoxy) is 3. The third-order valence-electron chi connectivity index (χ3n) is 7.22. The van der Waals surface area contributed by atoms with Crippen molar-refractivity contribution in [2.75, 3.05) is 6.61 Å². The van der Waals surface area contributed by atoms with Crippen LogP contribution in [0.2, 0.25) is 0 Å². The first-order chi connectivity index (χ1) is 22.2. The van der Waals surface area contributed by atoms with Gasteiger partial charge in [0.15, 0.2) is 6.10 Å². The van der Waals surface area contributed by atoms with Crippen molar-refractivity contribution in [2.24, 2.45) is 10.2 Å². The van der Waals surface area contributed by atoms with Crippen LogP contribution in [0.1, 0.15) is 105 Å². The molecule has 3 aromatic rings. The molecule has 3 aromatic carbocycles. The maximum Gasteiger partial charge on any atom is 0.425 e. The molecule has 0 aliphatic carbocycles. The lowest BCUT2D eigenvalue weighted by molar-refractivity contribution is -0.206. The zero-order valence-corrected chi connectivity index (χ0v) is 26.6. The zero-order valence-electron chi connectivity index (χ0n) is 26.6. The zero-order chi connectivity index (χ0) is 33.2. The minimum atomic E-state index is -4.65. The molecule has 0 N–H and O–H groups in total. The molecule has 0 bridgehead atoms. The number of alkyl halides is 3. The second kappa shape index (κ2) is 19.3. The van der Waals surface area contributed by atoms with Gasteiger partial charge in [0.2, 0.25) is 0 Å². The van der Waals surface area contributed by atoms with Crippen LogP contribution in [0.5, 0.6) is 11.5 Å². The second-order valence-electron chi connectivity index (χ2n) is 11.1. The predicted octanol–water partition coefficient (Wildman–Crippen LogP) is 11.1. The van der Waals surface area contributed by atoms with Gasteiger partial charge in [-0.15, -0.1) is 0 Å². The van der Waals surface area contributed by atoms with E-state index in [1.165, 1.54) is 56.4 Å². The first kappa shape index (κ1) is 36.3. The maximum absolute atomic E-state index is 13.4. The molecule has 0 heterocycles. The highest BCUT2D eigenvalue weighted by atomic mass is 19.4. The Labute approximate surface area is 269 Å². The Hall–Kier alpha value is -4.21. The summed E-state index contributed by atoms with van der Waals surface area (Å²) in [7, 11) is 0. The van der Waals surface area contributed by atoms with Crippen molar-refractivity contribution >= 4 is 23.3 Å². The lowest BCUT2D eigenvalue weighted by Crippen LogP contribution is -2.33. The van der Waals surface area contributed by atoms with Crippen LogP contribution in [-0.4, -0.2) is 30.8 Å². The molecule has 0 amide bonds. The molecule has 0 radical (unpaired) electrons. The van der Waals surface area contributed by atoms with E-state index in [2.05, 4.69) is 17.2 Å². The Balaban J connectivity index is 1.46. The fourth-order valence-corrected chi connectivity index (χ4v) is 4.53. The van der Waals surface area contributed by atoms with E-state index in [-0.39, 0.29) is 23.3 Å². The van der Waals surface area contributed by atoms with E-state index in [9.17, 15) is 22.8 Å². The summed E-state index contributed by atoms with van der Waals surface area (Å²) in [4.78, 5) is 25.0. The van der Waals surface area contributed by atoms with Crippen LogP contribution in [-0.2, 0) is 4.74 Å². The van der Waals surface area contributed by atoms with Crippen molar-refractivity contribution in [3.63, 3.8) is 0 Å². The van der Waals surface area contributed by atoms with Crippen LogP contribution in [0.3, 0.4) is 0 Å². The largest absolute Gasteiger partial charge is 0.494 e. The number of halogens is 3. The van der Waals surface area contributed by atoms with Crippen LogP contribution in [0.4, 0.5) is 24.5 Å². The molecule has 0 saturated heterocycles. The average Bonchev–Trinajstić information content (AvgIpc) is 3.05. The minimum absolute atomic E-state index is 0.0762. The van der Waals surface area contributed by atoms with Crippen molar-refractivity contribution in [3.05, 3.63) is 83.9 Å². The number of esters is 2. The van der Waals surface area contributed by atoms with Crippen LogP contribution >= 0.6 is 0 Å². The summed E-state index contributed by atoms with van der Waals surface area (Å²) in [5.74, 6) is -0.836. The fourth-order valence-electron chi connectivity index (χ4n) is 4.53. The Kier molecular flexibility index (Phi) is 15.2. The van der Waals surface area contributed by atoms with Crippen molar-refractivity contribution in [1.29, 1.82) is 0 Å². The summed E-state index contributed by atoms with van der Waals surface area (Å²) in [6.45, 7) is 4.85. The lowest BCUT2D eigenvalue weighted by Gasteiger charge is -2.20. The first-order valence-corrected chi connectivity index (χ1v) is 16.0. The van der Waals surface area contributed by atoms with Gasteiger partial charge in [-0.25, -0.2) is 9.59 Å². The second-order valence-corrected chi connectivity index (χ2v) is 11.1. The van der Waals surface area contributed by atoms with E-state index < -0.39 is 24.2 Å². The molecular weight excluding hydrogens is 597 g/mol. The molecule has 0 fully saturated rings. The molecule has 0 aliphatic rings. The van der Waals surface area contributed by atoms with E-state index in [4.69, 9.17) is 14.2 Å². The van der Waals surface area contributed by atoms with E-state index in [1.807, 2.05) is 31.2 Å². The van der Waals surface area contributed by atoms with Gasteiger partial charge < -0.3 is 14.2 Å². The third kappa shape index (κ3) is 13.0. The molecule has 0 aromatic heterocycles. The maximum atomic E-state index is 13.4. The standard InChI is InChI=1S/C36H43F3N2O5/c1-3-5-7-9-10-12-26-44-31-24-20-30(21-25-31)41-40-29-18-14-27(15-19-29)34(42)45-32-22-16-28(17-23-32)35(43)46-33(36(37,38)39)13-11-8-6-4-2/h14-25,33H,3-13,26H2,1-2H3/t33-/m0/s1. The van der Waals surface area contributed by atoms with Crippen molar-refractivity contribution in [3.8, 4) is 11.5 Å². The number of carbonyl (C=O) groups excluding carboxylic acids is 2. The smallest absolute Gasteiger partial charge is 0.425 e. The van der Waals surface area contributed by atoms with Gasteiger partial charge in [-0.2, -0.15) is 23.4 Å². The Morgan fingerprint density at radius 3 is 1.70 bits per heavy atom. The van der Waals surface area contributed by atoms with Crippen molar-refractivity contribution in [1.82, 2.24) is 0 Å². The van der Waals surface area contributed by atoms with E-state index in [1.54, 1.807) is 24.3 Å². The molecule has 46 heavy (non-hydrogen) atoms. The number of rotatable bonds is 19. The topological polar surface area (TPSA) is 86.5 Å². The van der Waals surface area contributed by atoms with Crippen molar-refractivity contribution < 1.29 is 37.0 Å². The van der Waals surface area contributed by atoms with E-state index >= 15 is 0 Å². The molecule has 1 atom stereocenters. The van der Waals surface area contributed by atoms with Gasteiger partial charge >= 0.3 is 18.1 Å². The van der Waals surface area contributed by atoms with Crippen LogP contribution in [0.15, 0.2) is 83.0 Å². The summed E-state index contributed by atoms with van der Waals surface area (Å²) in [5.41, 5.74) is 1.37. The lowest BCUT2D eigenvalue weighted by atomic mass is 10.1. The normalized spacial score (nSPS) is 12.2. The van der Waals surface area contributed by atoms with Gasteiger partial charge in [0.05, 0.1) is 29.1 Å². The van der Waals surface area contributed by atoms with E-state index in [0.29, 0.717) is 30.8 Å². The van der Waals surface area contributed by atoms with Gasteiger partial charge in [0.1, 0.15) is 11.5 Å². The Morgan fingerprint density at radius 2 is 1.11 bits per heavy atom. The van der Waals surface area contributed by atoms with Crippen LogP contribution in [0.25, 0.3) is 0 Å². The summed E-state index contributed by atoms with van der Waals surface area (Å²) < 4.78 is 56.0. The van der Waals surface area contributed by atoms with E-state index in [0.717, 1.165) is 25.0 Å². The molecule has 0 spiro atoms. The van der Waals surface area contributed by atoms with Gasteiger partial charge in [0.25, 0.3) is 0 Å². The predicted molar refractivity (Wildman–Crippen MR) is 171 cm³/mol. The fraction of sp³-hybridized carbons (Fsp3) is 0.444. The molecule has 248 valence electrons. The first-order valence-electron chi connectivity index (χ1n) is 16.0. The quantitative estimate of drug-likeness (QED) is 0.0563. The number of azo groups is 1. The average molecular weight is 641 g/mol. The van der Waals surface area contributed by atoms with Gasteiger partial charge in [0, 0.05) is 0 Å².